The van der Waals surface area contributed by atoms with E-state index in [0.717, 1.165) is 30.6 Å². The number of aryl methyl sites for hydroxylation is 1. The fourth-order valence-electron chi connectivity index (χ4n) is 3.57. The van der Waals surface area contributed by atoms with Gasteiger partial charge in [0.2, 0.25) is 0 Å². The Hall–Kier alpha value is -3.33. The monoisotopic (exact) mass is 440 g/mol. The maximum Gasteiger partial charge on any atom is 0.411 e. The van der Waals surface area contributed by atoms with Crippen LogP contribution in [0.15, 0.2) is 59.9 Å². The minimum atomic E-state index is -3.25. The number of nitrogens with one attached hydrogen (secondary N) is 1. The molecule has 162 valence electrons. The Bertz CT molecular complexity index is 1200. The molecule has 0 spiro atoms. The second-order valence-electron chi connectivity index (χ2n) is 7.66. The molecule has 0 atom stereocenters. The minimum absolute atomic E-state index is 0.0482. The van der Waals surface area contributed by atoms with Crippen molar-refractivity contribution in [1.29, 1.82) is 0 Å². The Labute approximate surface area is 181 Å². The molecule has 0 saturated heterocycles. The first-order valence-corrected chi connectivity index (χ1v) is 11.7. The Morgan fingerprint density at radius 2 is 1.97 bits per heavy atom. The molecule has 1 aliphatic heterocycles. The third-order valence-electron chi connectivity index (χ3n) is 5.16. The van der Waals surface area contributed by atoms with Crippen LogP contribution < -0.4 is 10.2 Å². The van der Waals surface area contributed by atoms with Crippen LogP contribution in [-0.4, -0.2) is 36.9 Å². The van der Waals surface area contributed by atoms with Crippen molar-refractivity contribution in [1.82, 2.24) is 9.55 Å². The Morgan fingerprint density at radius 3 is 2.65 bits per heavy atom. The van der Waals surface area contributed by atoms with Crippen molar-refractivity contribution in [3.63, 3.8) is 0 Å². The lowest BCUT2D eigenvalue weighted by molar-refractivity contribution is 0.155. The molecular weight excluding hydrogens is 416 g/mol. The number of rotatable bonds is 6. The molecule has 2 aromatic carbocycles. The van der Waals surface area contributed by atoms with Gasteiger partial charge in [-0.15, -0.1) is 0 Å². The first-order chi connectivity index (χ1) is 14.8. The van der Waals surface area contributed by atoms with Crippen LogP contribution >= 0.6 is 0 Å². The fourth-order valence-corrected chi connectivity index (χ4v) is 4.20. The molecule has 1 N–H and O–H groups in total. The number of benzene rings is 2. The molecule has 0 aliphatic carbocycles. The number of hydrogen-bond acceptors (Lipinski definition) is 6. The average Bonchev–Trinajstić information content (AvgIpc) is 3.32. The predicted octanol–water partition coefficient (Wildman–Crippen LogP) is 3.14. The topological polar surface area (TPSA) is 93.5 Å². The highest BCUT2D eigenvalue weighted by molar-refractivity contribution is 7.90. The summed E-state index contributed by atoms with van der Waals surface area (Å²) in [7, 11) is -1.30. The Balaban J connectivity index is 1.36. The van der Waals surface area contributed by atoms with E-state index >= 15 is 0 Å². The summed E-state index contributed by atoms with van der Waals surface area (Å²) in [5.74, 6) is 0. The van der Waals surface area contributed by atoms with Crippen molar-refractivity contribution in [2.75, 3.05) is 23.0 Å². The highest BCUT2D eigenvalue weighted by atomic mass is 32.2. The van der Waals surface area contributed by atoms with E-state index in [1.165, 1.54) is 17.7 Å². The molecule has 4 rings (SSSR count). The van der Waals surface area contributed by atoms with Gasteiger partial charge in [-0.05, 0) is 41.8 Å². The van der Waals surface area contributed by atoms with Crippen LogP contribution in [0.5, 0.6) is 0 Å². The van der Waals surface area contributed by atoms with Crippen LogP contribution in [0, 0.1) is 0 Å². The van der Waals surface area contributed by atoms with E-state index < -0.39 is 15.9 Å². The molecule has 0 radical (unpaired) electrons. The molecule has 0 saturated carbocycles. The Kier molecular flexibility index (Phi) is 5.69. The van der Waals surface area contributed by atoms with E-state index in [1.54, 1.807) is 18.5 Å². The van der Waals surface area contributed by atoms with Crippen molar-refractivity contribution < 1.29 is 17.9 Å². The molecule has 2 heterocycles. The van der Waals surface area contributed by atoms with Crippen LogP contribution in [0.4, 0.5) is 16.2 Å². The molecule has 1 aliphatic rings. The first kappa shape index (κ1) is 20.9. The van der Waals surface area contributed by atoms with Crippen molar-refractivity contribution in [3.8, 4) is 0 Å². The van der Waals surface area contributed by atoms with Gasteiger partial charge in [-0.1, -0.05) is 18.2 Å². The summed E-state index contributed by atoms with van der Waals surface area (Å²) in [6, 6.07) is 12.1. The zero-order valence-electron chi connectivity index (χ0n) is 17.4. The maximum absolute atomic E-state index is 12.2. The molecule has 31 heavy (non-hydrogen) atoms. The summed E-state index contributed by atoms with van der Waals surface area (Å²) in [5.41, 5.74) is 4.68. The number of carbonyl (C=O) groups excluding carboxylic acids is 1. The van der Waals surface area contributed by atoms with Gasteiger partial charge in [-0.3, -0.25) is 5.32 Å². The molecule has 0 unspecified atom stereocenters. The van der Waals surface area contributed by atoms with Gasteiger partial charge in [-0.25, -0.2) is 18.2 Å². The van der Waals surface area contributed by atoms with Crippen molar-refractivity contribution in [2.45, 2.75) is 24.5 Å². The lowest BCUT2D eigenvalue weighted by atomic mass is 10.1. The van der Waals surface area contributed by atoms with Gasteiger partial charge in [0.1, 0.15) is 6.61 Å². The summed E-state index contributed by atoms with van der Waals surface area (Å²) < 4.78 is 30.2. The first-order valence-electron chi connectivity index (χ1n) is 9.85. The van der Waals surface area contributed by atoms with Crippen molar-refractivity contribution in [3.05, 3.63) is 71.8 Å². The van der Waals surface area contributed by atoms with Gasteiger partial charge < -0.3 is 14.2 Å². The highest BCUT2D eigenvalue weighted by Gasteiger charge is 2.20. The summed E-state index contributed by atoms with van der Waals surface area (Å²) in [6.45, 7) is 1.67. The predicted molar refractivity (Wildman–Crippen MR) is 118 cm³/mol. The second kappa shape index (κ2) is 8.43. The van der Waals surface area contributed by atoms with Gasteiger partial charge in [0, 0.05) is 37.4 Å². The second-order valence-corrected chi connectivity index (χ2v) is 9.68. The third-order valence-corrected chi connectivity index (χ3v) is 6.28. The van der Waals surface area contributed by atoms with E-state index in [-0.39, 0.29) is 11.5 Å². The maximum atomic E-state index is 12.2. The highest BCUT2D eigenvalue weighted by Crippen LogP contribution is 2.32. The number of imidazole rings is 1. The van der Waals surface area contributed by atoms with Gasteiger partial charge in [0.05, 0.1) is 23.5 Å². The fraction of sp³-hybridized carbons (Fsp3) is 0.273. The molecule has 1 amide bonds. The van der Waals surface area contributed by atoms with Crippen LogP contribution in [0.25, 0.3) is 0 Å². The molecule has 9 heteroatoms. The van der Waals surface area contributed by atoms with Gasteiger partial charge >= 0.3 is 6.09 Å². The lowest BCUT2D eigenvalue weighted by Crippen LogP contribution is -2.20. The van der Waals surface area contributed by atoms with Crippen molar-refractivity contribution >= 4 is 27.3 Å². The molecule has 1 aromatic heterocycles. The van der Waals surface area contributed by atoms with E-state index in [0.29, 0.717) is 17.8 Å². The number of sulfone groups is 1. The number of aromatic nitrogens is 2. The Morgan fingerprint density at radius 1 is 1.19 bits per heavy atom. The van der Waals surface area contributed by atoms with Gasteiger partial charge in [-0.2, -0.15) is 0 Å². The minimum Gasteiger partial charge on any atom is -0.444 e. The number of carbonyl (C=O) groups is 1. The number of ether oxygens (including phenoxy) is 1. The van der Waals surface area contributed by atoms with Gasteiger partial charge in [0.25, 0.3) is 0 Å². The van der Waals surface area contributed by atoms with Crippen LogP contribution in [0.1, 0.15) is 16.8 Å². The normalized spacial score (nSPS) is 13.2. The van der Waals surface area contributed by atoms with Crippen molar-refractivity contribution in [2.24, 2.45) is 7.05 Å². The summed E-state index contributed by atoms with van der Waals surface area (Å²) in [4.78, 5) is 19.1. The quantitative estimate of drug-likeness (QED) is 0.633. The lowest BCUT2D eigenvalue weighted by Gasteiger charge is -2.19. The van der Waals surface area contributed by atoms with Crippen LogP contribution in [-0.2, 0) is 41.2 Å². The number of hydrogen-bond donors (Lipinski definition) is 1. The van der Waals surface area contributed by atoms with Gasteiger partial charge in [0.15, 0.2) is 9.84 Å². The third kappa shape index (κ3) is 5.05. The largest absolute Gasteiger partial charge is 0.444 e. The zero-order chi connectivity index (χ0) is 22.0. The smallest absolute Gasteiger partial charge is 0.411 e. The molecule has 0 fully saturated rings. The molecule has 3 aromatic rings. The molecule has 8 nitrogen and oxygen atoms in total. The summed E-state index contributed by atoms with van der Waals surface area (Å²) >= 11 is 0. The SMILES string of the molecule is Cn1cnc(CN2CCc3ccc(NC(=O)OCc4ccc(S(C)(=O)=O)cc4)cc32)c1. The summed E-state index contributed by atoms with van der Waals surface area (Å²) in [5, 5.41) is 2.76. The number of nitrogens with zero attached hydrogens (tertiary/aromatic N) is 3. The van der Waals surface area contributed by atoms with Crippen LogP contribution in [0.3, 0.4) is 0 Å². The molecule has 0 bridgehead atoms. The zero-order valence-corrected chi connectivity index (χ0v) is 18.2. The van der Waals surface area contributed by atoms with E-state index in [1.807, 2.05) is 36.0 Å². The van der Waals surface area contributed by atoms with E-state index in [4.69, 9.17) is 4.74 Å². The standard InChI is InChI=1S/C22H24N4O4S/c1-25-12-19(23-15-25)13-26-10-9-17-5-6-18(11-21(17)26)24-22(27)30-14-16-3-7-20(8-4-16)31(2,28)29/h3-8,11-12,15H,9-10,13-14H2,1-2H3,(H,24,27). The van der Waals surface area contributed by atoms with E-state index in [2.05, 4.69) is 15.2 Å². The summed E-state index contributed by atoms with van der Waals surface area (Å²) in [6.07, 6.45) is 5.33. The number of amides is 1. The van der Waals surface area contributed by atoms with Crippen LogP contribution in [0.2, 0.25) is 0 Å². The average molecular weight is 441 g/mol. The molecular formula is C22H24N4O4S. The number of anilines is 2. The number of fused-ring (bicyclic) bond motifs is 1. The van der Waals surface area contributed by atoms with E-state index in [9.17, 15) is 13.2 Å².